The molecule has 8 atom stereocenters. The number of hydrogen-bond donors (Lipinski definition) is 1. The van der Waals surface area contributed by atoms with Crippen LogP contribution in [-0.4, -0.2) is 34.0 Å². The summed E-state index contributed by atoms with van der Waals surface area (Å²) in [6.45, 7) is 8.22. The van der Waals surface area contributed by atoms with E-state index in [2.05, 4.69) is 20.8 Å². The number of Topliss-reactive ketones (excluding diaryl/α,β-unsaturated/α-hetero) is 1. The fourth-order valence-electron chi connectivity index (χ4n) is 7.99. The minimum atomic E-state index is -1.21. The second kappa shape index (κ2) is 4.70. The fraction of sp³-hybridized carbons (Fsp3) is 0.818. The van der Waals surface area contributed by atoms with Crippen molar-refractivity contribution in [3.05, 3.63) is 11.6 Å². The van der Waals surface area contributed by atoms with E-state index in [1.807, 2.05) is 6.08 Å². The fourth-order valence-corrected chi connectivity index (χ4v) is 7.99. The number of epoxide rings is 1. The molecule has 5 aliphatic rings. The Morgan fingerprint density at radius 2 is 2.00 bits per heavy atom. The zero-order valence-electron chi connectivity index (χ0n) is 16.3. The van der Waals surface area contributed by atoms with Crippen molar-refractivity contribution >= 4 is 11.6 Å². The van der Waals surface area contributed by atoms with Gasteiger partial charge in [-0.2, -0.15) is 0 Å². The summed E-state index contributed by atoms with van der Waals surface area (Å²) in [5, 5.41) is 11.3. The van der Waals surface area contributed by atoms with E-state index >= 15 is 0 Å². The maximum atomic E-state index is 12.4. The van der Waals surface area contributed by atoms with Crippen molar-refractivity contribution in [2.45, 2.75) is 83.5 Å². The highest BCUT2D eigenvalue weighted by molar-refractivity contribution is 5.92. The molecule has 3 saturated carbocycles. The molecule has 3 unspecified atom stereocenters. The summed E-state index contributed by atoms with van der Waals surface area (Å²) in [5.74, 6) is 1.20. The summed E-state index contributed by atoms with van der Waals surface area (Å²) >= 11 is 0. The Bertz CT molecular complexity index is 755. The third kappa shape index (κ3) is 1.62. The summed E-state index contributed by atoms with van der Waals surface area (Å²) in [6.07, 6.45) is 6.73. The molecule has 4 fully saturated rings. The molecule has 0 aromatic heterocycles. The standard InChI is InChI=1S/C22H30O4/c1-12-9-17-15-6-8-21(25,13(2)23)20(15,4)11-18-22(17,26-18)19(3)7-5-14(24)10-16(12)19/h10,12,15,17-18,25H,5-9,11H2,1-4H3/t12-,15?,17?,18-,19-,20-,21-,22?/m0/s1. The molecule has 0 bridgehead atoms. The van der Waals surface area contributed by atoms with E-state index in [0.29, 0.717) is 30.6 Å². The van der Waals surface area contributed by atoms with Crippen LogP contribution >= 0.6 is 0 Å². The summed E-state index contributed by atoms with van der Waals surface area (Å²) < 4.78 is 6.53. The number of rotatable bonds is 1. The molecule has 4 aliphatic carbocycles. The van der Waals surface area contributed by atoms with Gasteiger partial charge in [-0.1, -0.05) is 26.3 Å². The van der Waals surface area contributed by atoms with Crippen LogP contribution in [0.15, 0.2) is 11.6 Å². The van der Waals surface area contributed by atoms with Gasteiger partial charge >= 0.3 is 0 Å². The van der Waals surface area contributed by atoms with Crippen molar-refractivity contribution in [2.75, 3.05) is 0 Å². The highest BCUT2D eigenvalue weighted by atomic mass is 16.6. The quantitative estimate of drug-likeness (QED) is 0.731. The maximum Gasteiger partial charge on any atom is 0.161 e. The van der Waals surface area contributed by atoms with Crippen molar-refractivity contribution in [3.63, 3.8) is 0 Å². The second-order valence-corrected chi connectivity index (χ2v) is 10.2. The van der Waals surface area contributed by atoms with Crippen LogP contribution in [-0.2, 0) is 14.3 Å². The molecule has 4 nitrogen and oxygen atoms in total. The summed E-state index contributed by atoms with van der Waals surface area (Å²) in [5.41, 5.74) is -0.574. The normalized spacial score (nSPS) is 57.4. The Morgan fingerprint density at radius 3 is 2.69 bits per heavy atom. The topological polar surface area (TPSA) is 66.9 Å². The van der Waals surface area contributed by atoms with Gasteiger partial charge in [0.05, 0.1) is 6.10 Å². The number of hydrogen-bond acceptors (Lipinski definition) is 4. The first-order valence-corrected chi connectivity index (χ1v) is 10.3. The Balaban J connectivity index is 1.62. The Kier molecular flexibility index (Phi) is 3.09. The van der Waals surface area contributed by atoms with Crippen LogP contribution in [0.2, 0.25) is 0 Å². The van der Waals surface area contributed by atoms with Crippen LogP contribution in [0.3, 0.4) is 0 Å². The lowest BCUT2D eigenvalue weighted by Gasteiger charge is -2.58. The number of aliphatic hydroxyl groups is 1. The van der Waals surface area contributed by atoms with Crippen LogP contribution in [0.4, 0.5) is 0 Å². The molecule has 1 heterocycles. The number of ketones is 2. The van der Waals surface area contributed by atoms with Gasteiger partial charge in [0.25, 0.3) is 0 Å². The molecule has 0 aromatic carbocycles. The molecule has 1 N–H and O–H groups in total. The molecular formula is C22H30O4. The predicted octanol–water partition coefficient (Wildman–Crippen LogP) is 3.22. The Labute approximate surface area is 155 Å². The first-order chi connectivity index (χ1) is 12.1. The lowest BCUT2D eigenvalue weighted by molar-refractivity contribution is -0.156. The third-order valence-corrected chi connectivity index (χ3v) is 9.39. The highest BCUT2D eigenvalue weighted by Gasteiger charge is 2.81. The average Bonchev–Trinajstić information content (AvgIpc) is 3.23. The number of fused-ring (bicyclic) bond motifs is 3. The SMILES string of the molecule is CC(=O)[C@@]1(O)CCC2C3C[C@H](C)C4=CC(=O)CC[C@]4(C)C34O[C@H]4C[C@@]21C. The van der Waals surface area contributed by atoms with E-state index in [9.17, 15) is 14.7 Å². The molecule has 5 rings (SSSR count). The van der Waals surface area contributed by atoms with Crippen LogP contribution in [0, 0.1) is 28.6 Å². The van der Waals surface area contributed by atoms with E-state index in [1.165, 1.54) is 5.57 Å². The summed E-state index contributed by atoms with van der Waals surface area (Å²) in [6, 6.07) is 0. The molecule has 142 valence electrons. The van der Waals surface area contributed by atoms with Gasteiger partial charge in [-0.05, 0) is 62.9 Å². The minimum Gasteiger partial charge on any atom is -0.382 e. The smallest absolute Gasteiger partial charge is 0.161 e. The minimum absolute atomic E-state index is 0.0772. The molecule has 1 aliphatic heterocycles. The van der Waals surface area contributed by atoms with Gasteiger partial charge in [0.1, 0.15) is 11.2 Å². The van der Waals surface area contributed by atoms with Gasteiger partial charge in [-0.3, -0.25) is 9.59 Å². The van der Waals surface area contributed by atoms with E-state index in [0.717, 1.165) is 25.7 Å². The van der Waals surface area contributed by atoms with Gasteiger partial charge in [-0.15, -0.1) is 0 Å². The molecular weight excluding hydrogens is 328 g/mol. The van der Waals surface area contributed by atoms with Crippen molar-refractivity contribution in [3.8, 4) is 0 Å². The van der Waals surface area contributed by atoms with Gasteiger partial charge in [0.2, 0.25) is 0 Å². The third-order valence-electron chi connectivity index (χ3n) is 9.39. The summed E-state index contributed by atoms with van der Waals surface area (Å²) in [4.78, 5) is 24.5. The van der Waals surface area contributed by atoms with Crippen LogP contribution in [0.1, 0.15) is 66.2 Å². The predicted molar refractivity (Wildman–Crippen MR) is 96.4 cm³/mol. The van der Waals surface area contributed by atoms with Gasteiger partial charge < -0.3 is 9.84 Å². The van der Waals surface area contributed by atoms with Gasteiger partial charge in [0, 0.05) is 17.3 Å². The Morgan fingerprint density at radius 1 is 1.27 bits per heavy atom. The number of ether oxygens (including phenoxy) is 1. The number of carbonyl (C=O) groups excluding carboxylic acids is 2. The zero-order chi connectivity index (χ0) is 18.7. The largest absolute Gasteiger partial charge is 0.382 e. The van der Waals surface area contributed by atoms with Crippen LogP contribution in [0.25, 0.3) is 0 Å². The van der Waals surface area contributed by atoms with Crippen molar-refractivity contribution in [1.82, 2.24) is 0 Å². The van der Waals surface area contributed by atoms with Crippen molar-refractivity contribution in [2.24, 2.45) is 28.6 Å². The van der Waals surface area contributed by atoms with E-state index in [1.54, 1.807) is 6.92 Å². The molecule has 26 heavy (non-hydrogen) atoms. The van der Waals surface area contributed by atoms with E-state index in [-0.39, 0.29) is 28.7 Å². The maximum absolute atomic E-state index is 12.4. The molecule has 0 radical (unpaired) electrons. The monoisotopic (exact) mass is 358 g/mol. The molecule has 0 aromatic rings. The number of carbonyl (C=O) groups is 2. The van der Waals surface area contributed by atoms with E-state index < -0.39 is 11.0 Å². The lowest BCUT2D eigenvalue weighted by Crippen LogP contribution is -2.62. The first kappa shape index (κ1) is 17.1. The van der Waals surface area contributed by atoms with Crippen molar-refractivity contribution in [1.29, 1.82) is 0 Å². The second-order valence-electron chi connectivity index (χ2n) is 10.2. The molecule has 1 saturated heterocycles. The Hall–Kier alpha value is -1.00. The van der Waals surface area contributed by atoms with Crippen LogP contribution in [0.5, 0.6) is 0 Å². The van der Waals surface area contributed by atoms with Gasteiger partial charge in [-0.25, -0.2) is 0 Å². The molecule has 1 spiro atoms. The first-order valence-electron chi connectivity index (χ1n) is 10.3. The molecule has 4 heteroatoms. The average molecular weight is 358 g/mol. The lowest BCUT2D eigenvalue weighted by atomic mass is 9.44. The molecule has 0 amide bonds. The zero-order valence-corrected chi connectivity index (χ0v) is 16.3. The van der Waals surface area contributed by atoms with E-state index in [4.69, 9.17) is 4.74 Å². The summed E-state index contributed by atoms with van der Waals surface area (Å²) in [7, 11) is 0. The highest BCUT2D eigenvalue weighted by Crippen LogP contribution is 2.76. The van der Waals surface area contributed by atoms with Crippen molar-refractivity contribution < 1.29 is 19.4 Å². The van der Waals surface area contributed by atoms with Gasteiger partial charge in [0.15, 0.2) is 11.6 Å². The van der Waals surface area contributed by atoms with Crippen LogP contribution < -0.4 is 0 Å².